The van der Waals surface area contributed by atoms with Crippen LogP contribution in [0.15, 0.2) is 158 Å². The van der Waals surface area contributed by atoms with Crippen molar-refractivity contribution in [1.29, 1.82) is 0 Å². The van der Waals surface area contributed by atoms with Crippen molar-refractivity contribution in [2.24, 2.45) is 5.41 Å². The summed E-state index contributed by atoms with van der Waals surface area (Å²) in [6.45, 7) is 33.1. The molecule has 2 atom stereocenters. The Hall–Kier alpha value is -3.82. The summed E-state index contributed by atoms with van der Waals surface area (Å²) in [4.78, 5) is 0. The van der Waals surface area contributed by atoms with Gasteiger partial charge in [0.1, 0.15) is 0 Å². The van der Waals surface area contributed by atoms with Gasteiger partial charge in [0.25, 0.3) is 0 Å². The third-order valence-electron chi connectivity index (χ3n) is 12.2. The smallest absolute Gasteiger partial charge is 0.0183 e. The summed E-state index contributed by atoms with van der Waals surface area (Å²) in [5.74, 6) is 0. The molecule has 0 aliphatic rings. The van der Waals surface area contributed by atoms with Crippen molar-refractivity contribution < 1.29 is 0 Å². The van der Waals surface area contributed by atoms with Crippen LogP contribution in [0.4, 0.5) is 0 Å². The molecule has 59 heavy (non-hydrogen) atoms. The molecule has 6 aromatic carbocycles. The highest BCUT2D eigenvalue weighted by atomic mass is 31.1. The molecule has 0 N–H and O–H groups in total. The van der Waals surface area contributed by atoms with Gasteiger partial charge in [-0.15, -0.1) is 0 Å². The highest BCUT2D eigenvalue weighted by molar-refractivity contribution is 7.74. The highest BCUT2D eigenvalue weighted by Crippen LogP contribution is 2.69. The summed E-state index contributed by atoms with van der Waals surface area (Å²) in [5.41, 5.74) is 8.77. The molecular weight excluding hydrogens is 747 g/mol. The lowest BCUT2D eigenvalue weighted by Gasteiger charge is -2.49. The van der Waals surface area contributed by atoms with Crippen LogP contribution in [0.25, 0.3) is 0 Å². The fraction of sp³-hybridized carbons (Fsp3) is 0.368. The molecule has 0 amide bonds. The minimum Gasteiger partial charge on any atom is -0.0622 e. The largest absolute Gasteiger partial charge is 0.0622 e. The van der Waals surface area contributed by atoms with Gasteiger partial charge in [0, 0.05) is 11.3 Å². The zero-order chi connectivity index (χ0) is 43.0. The molecule has 0 heterocycles. The Bertz CT molecular complexity index is 1960. The van der Waals surface area contributed by atoms with Crippen molar-refractivity contribution in [2.45, 2.75) is 130 Å². The first kappa shape index (κ1) is 44.7. The van der Waals surface area contributed by atoms with Crippen LogP contribution in [-0.2, 0) is 21.7 Å². The summed E-state index contributed by atoms with van der Waals surface area (Å²) in [5, 5.41) is 5.72. The van der Waals surface area contributed by atoms with E-state index in [0.717, 1.165) is 0 Å². The Morgan fingerprint density at radius 2 is 0.475 bits per heavy atom. The maximum atomic E-state index is 2.60. The average molecular weight is 817 g/mol. The Balaban J connectivity index is 1.66. The topological polar surface area (TPSA) is 0 Å². The van der Waals surface area contributed by atoms with Crippen LogP contribution in [0.5, 0.6) is 0 Å². The van der Waals surface area contributed by atoms with Crippen molar-refractivity contribution in [1.82, 2.24) is 0 Å². The van der Waals surface area contributed by atoms with E-state index in [1.807, 2.05) is 0 Å². The summed E-state index contributed by atoms with van der Waals surface area (Å²) >= 11 is 0. The second-order valence-electron chi connectivity index (χ2n) is 21.4. The van der Waals surface area contributed by atoms with Crippen LogP contribution >= 0.6 is 15.8 Å². The molecule has 0 radical (unpaired) electrons. The van der Waals surface area contributed by atoms with Crippen LogP contribution in [0.3, 0.4) is 0 Å². The lowest BCUT2D eigenvalue weighted by molar-refractivity contribution is 0.338. The molecule has 0 fully saturated rings. The van der Waals surface area contributed by atoms with Crippen LogP contribution < -0.4 is 21.2 Å². The first-order valence-electron chi connectivity index (χ1n) is 21.7. The third-order valence-corrected chi connectivity index (χ3v) is 18.6. The van der Waals surface area contributed by atoms with Crippen LogP contribution in [0.2, 0.25) is 0 Å². The SMILES string of the molecule is CC(C)(C)c1ccc(P(c2ccc(C(C)(C)C)cc2)C(c2ccccc2)C(C)(C)C(c2ccccc2)P(c2ccc(C(C)(C)C)cc2)c2ccc(C(C)(C)C)cc2)cc1. The van der Waals surface area contributed by atoms with Crippen molar-refractivity contribution in [3.05, 3.63) is 191 Å². The number of rotatable bonds is 10. The summed E-state index contributed by atoms with van der Waals surface area (Å²) < 4.78 is 0. The molecule has 6 aromatic rings. The maximum absolute atomic E-state index is 2.60. The van der Waals surface area contributed by atoms with Crippen molar-refractivity contribution in [2.75, 3.05) is 0 Å². The Morgan fingerprint density at radius 3 is 0.661 bits per heavy atom. The second-order valence-corrected chi connectivity index (χ2v) is 26.0. The quantitative estimate of drug-likeness (QED) is 0.121. The molecule has 0 aromatic heterocycles. The maximum Gasteiger partial charge on any atom is 0.0183 e. The number of benzene rings is 6. The van der Waals surface area contributed by atoms with E-state index >= 15 is 0 Å². The predicted octanol–water partition coefficient (Wildman–Crippen LogP) is 15.0. The Kier molecular flexibility index (Phi) is 13.1. The normalized spacial score (nSPS) is 14.1. The van der Waals surface area contributed by atoms with Crippen molar-refractivity contribution in [3.63, 3.8) is 0 Å². The summed E-state index contributed by atoms with van der Waals surface area (Å²) in [7, 11) is -1.78. The first-order valence-corrected chi connectivity index (χ1v) is 24.5. The molecule has 0 aliphatic carbocycles. The zero-order valence-electron chi connectivity index (χ0n) is 38.6. The third kappa shape index (κ3) is 10.2. The van der Waals surface area contributed by atoms with Gasteiger partial charge in [-0.3, -0.25) is 0 Å². The molecule has 0 spiro atoms. The molecule has 2 heteroatoms. The Labute approximate surface area is 361 Å². The summed E-state index contributed by atoms with van der Waals surface area (Å²) in [6.07, 6.45) is 0. The van der Waals surface area contributed by atoms with Crippen molar-refractivity contribution >= 4 is 37.1 Å². The monoisotopic (exact) mass is 816 g/mol. The van der Waals surface area contributed by atoms with Gasteiger partial charge in [-0.25, -0.2) is 0 Å². The molecular formula is C57H70P2. The van der Waals surface area contributed by atoms with Crippen LogP contribution in [0, 0.1) is 5.41 Å². The summed E-state index contributed by atoms with van der Waals surface area (Å²) in [6, 6.07) is 62.0. The second kappa shape index (κ2) is 17.3. The van der Waals surface area contributed by atoms with Gasteiger partial charge in [-0.05, 0) is 97.5 Å². The molecule has 0 bridgehead atoms. The predicted molar refractivity (Wildman–Crippen MR) is 265 cm³/mol. The molecule has 0 nitrogen and oxygen atoms in total. The van der Waals surface area contributed by atoms with E-state index < -0.39 is 15.8 Å². The fourth-order valence-electron chi connectivity index (χ4n) is 8.63. The first-order chi connectivity index (χ1) is 27.6. The van der Waals surface area contributed by atoms with E-state index in [1.54, 1.807) is 0 Å². The van der Waals surface area contributed by atoms with E-state index in [1.165, 1.54) is 54.6 Å². The lowest BCUT2D eigenvalue weighted by atomic mass is 9.79. The fourth-order valence-corrected chi connectivity index (χ4v) is 15.0. The van der Waals surface area contributed by atoms with Gasteiger partial charge in [0.2, 0.25) is 0 Å². The number of hydrogen-bond donors (Lipinski definition) is 0. The van der Waals surface area contributed by atoms with Gasteiger partial charge < -0.3 is 0 Å². The average Bonchev–Trinajstić information content (AvgIpc) is 3.18. The molecule has 2 unspecified atom stereocenters. The van der Waals surface area contributed by atoms with E-state index in [0.29, 0.717) is 0 Å². The molecule has 6 rings (SSSR count). The highest BCUT2D eigenvalue weighted by Gasteiger charge is 2.48. The lowest BCUT2D eigenvalue weighted by Crippen LogP contribution is -2.35. The molecule has 0 saturated heterocycles. The van der Waals surface area contributed by atoms with Gasteiger partial charge >= 0.3 is 0 Å². The molecule has 0 saturated carbocycles. The standard InChI is InChI=1S/C57H70P2/c1-53(2,3)43-25-33-47(34-26-43)58(48-35-27-44(28-36-48)54(4,5)6)51(41-21-17-15-18-22-41)57(13,14)52(42-23-19-16-20-24-42)59(49-37-29-45(30-38-49)55(7,8)9)50-39-31-46(32-40-50)56(10,11)12/h15-40,51-52H,1-14H3. The minimum absolute atomic E-state index is 0.0765. The minimum atomic E-state index is -0.891. The zero-order valence-corrected chi connectivity index (χ0v) is 40.3. The van der Waals surface area contributed by atoms with E-state index in [4.69, 9.17) is 0 Å². The molecule has 308 valence electrons. The van der Waals surface area contributed by atoms with Gasteiger partial charge in [0.05, 0.1) is 0 Å². The molecule has 0 aliphatic heterocycles. The van der Waals surface area contributed by atoms with E-state index in [-0.39, 0.29) is 38.4 Å². The van der Waals surface area contributed by atoms with Crippen molar-refractivity contribution in [3.8, 4) is 0 Å². The van der Waals surface area contributed by atoms with Gasteiger partial charge in [0.15, 0.2) is 0 Å². The van der Waals surface area contributed by atoms with Gasteiger partial charge in [-0.2, -0.15) is 0 Å². The van der Waals surface area contributed by atoms with E-state index in [2.05, 4.69) is 255 Å². The van der Waals surface area contributed by atoms with Crippen LogP contribution in [-0.4, -0.2) is 0 Å². The van der Waals surface area contributed by atoms with Crippen LogP contribution in [0.1, 0.15) is 142 Å². The van der Waals surface area contributed by atoms with E-state index in [9.17, 15) is 0 Å². The van der Waals surface area contributed by atoms with Gasteiger partial charge in [-0.1, -0.05) is 255 Å². The number of hydrogen-bond acceptors (Lipinski definition) is 0. The Morgan fingerprint density at radius 1 is 0.271 bits per heavy atom.